The molecule has 4 heterocycles. The number of sulfonamides is 1. The average molecular weight is 410 g/mol. The number of amides is 1. The van der Waals surface area contributed by atoms with Crippen molar-refractivity contribution >= 4 is 27.3 Å². The SMILES string of the molecule is O=C(NCc1nnc2n1CCCCC2)c1sccc1S(=O)(=O)N1CCCC1. The maximum absolute atomic E-state index is 12.8. The molecule has 1 fully saturated rings. The van der Waals surface area contributed by atoms with Gasteiger partial charge in [-0.25, -0.2) is 8.42 Å². The van der Waals surface area contributed by atoms with Crippen LogP contribution in [0.3, 0.4) is 0 Å². The second-order valence-electron chi connectivity index (χ2n) is 6.90. The minimum atomic E-state index is -3.61. The Labute approximate surface area is 162 Å². The number of nitrogens with zero attached hydrogens (tertiary/aromatic N) is 4. The number of rotatable bonds is 5. The smallest absolute Gasteiger partial charge is 0.263 e. The molecule has 2 aromatic heterocycles. The van der Waals surface area contributed by atoms with Crippen LogP contribution in [0.1, 0.15) is 53.4 Å². The number of carbonyl (C=O) groups is 1. The molecule has 0 unspecified atom stereocenters. The molecule has 4 rings (SSSR count). The predicted molar refractivity (Wildman–Crippen MR) is 101 cm³/mol. The zero-order valence-corrected chi connectivity index (χ0v) is 16.7. The second-order valence-corrected chi connectivity index (χ2v) is 9.73. The zero-order chi connectivity index (χ0) is 18.9. The van der Waals surface area contributed by atoms with Gasteiger partial charge in [0.2, 0.25) is 10.0 Å². The summed E-state index contributed by atoms with van der Waals surface area (Å²) in [6.45, 7) is 2.14. The van der Waals surface area contributed by atoms with Gasteiger partial charge in [-0.1, -0.05) is 6.42 Å². The molecule has 146 valence electrons. The summed E-state index contributed by atoms with van der Waals surface area (Å²) in [7, 11) is -3.61. The third kappa shape index (κ3) is 3.65. The summed E-state index contributed by atoms with van der Waals surface area (Å²) in [6.07, 6.45) is 5.99. The first-order chi connectivity index (χ1) is 13.1. The molecule has 0 aromatic carbocycles. The number of nitrogens with one attached hydrogen (secondary N) is 1. The van der Waals surface area contributed by atoms with E-state index in [1.165, 1.54) is 16.8 Å². The lowest BCUT2D eigenvalue weighted by atomic mass is 10.2. The minimum absolute atomic E-state index is 0.104. The highest BCUT2D eigenvalue weighted by Crippen LogP contribution is 2.27. The van der Waals surface area contributed by atoms with Crippen LogP contribution in [-0.4, -0.2) is 46.5 Å². The molecule has 0 aliphatic carbocycles. The lowest BCUT2D eigenvalue weighted by Gasteiger charge is -2.15. The van der Waals surface area contributed by atoms with Crippen LogP contribution in [0.5, 0.6) is 0 Å². The molecule has 2 aliphatic heterocycles. The van der Waals surface area contributed by atoms with Crippen molar-refractivity contribution in [3.8, 4) is 0 Å². The van der Waals surface area contributed by atoms with Gasteiger partial charge in [-0.05, 0) is 37.1 Å². The molecule has 10 heteroatoms. The number of carbonyl (C=O) groups excluding carboxylic acids is 1. The van der Waals surface area contributed by atoms with Crippen LogP contribution in [0.4, 0.5) is 0 Å². The number of aromatic nitrogens is 3. The predicted octanol–water partition coefficient (Wildman–Crippen LogP) is 1.78. The highest BCUT2D eigenvalue weighted by molar-refractivity contribution is 7.89. The van der Waals surface area contributed by atoms with Crippen molar-refractivity contribution in [1.29, 1.82) is 0 Å². The Kier molecular flexibility index (Phi) is 5.29. The molecular formula is C17H23N5O3S2. The van der Waals surface area contributed by atoms with Crippen LogP contribution >= 0.6 is 11.3 Å². The molecule has 0 spiro atoms. The van der Waals surface area contributed by atoms with Crippen LogP contribution < -0.4 is 5.32 Å². The molecule has 1 N–H and O–H groups in total. The number of aryl methyl sites for hydroxylation is 1. The first kappa shape index (κ1) is 18.6. The molecule has 8 nitrogen and oxygen atoms in total. The number of thiophene rings is 1. The Bertz CT molecular complexity index is 928. The van der Waals surface area contributed by atoms with Crippen LogP contribution in [0.2, 0.25) is 0 Å². The van der Waals surface area contributed by atoms with Crippen molar-refractivity contribution in [1.82, 2.24) is 24.4 Å². The van der Waals surface area contributed by atoms with Gasteiger partial charge in [0.1, 0.15) is 15.6 Å². The van der Waals surface area contributed by atoms with E-state index in [9.17, 15) is 13.2 Å². The maximum atomic E-state index is 12.8. The van der Waals surface area contributed by atoms with Crippen LogP contribution in [-0.2, 0) is 29.5 Å². The summed E-state index contributed by atoms with van der Waals surface area (Å²) < 4.78 is 29.2. The van der Waals surface area contributed by atoms with Crippen molar-refractivity contribution in [2.75, 3.05) is 13.1 Å². The fourth-order valence-corrected chi connectivity index (χ4v) is 6.48. The van der Waals surface area contributed by atoms with Crippen LogP contribution in [0, 0.1) is 0 Å². The third-order valence-corrected chi connectivity index (χ3v) is 8.09. The topological polar surface area (TPSA) is 97.2 Å². The summed E-state index contributed by atoms with van der Waals surface area (Å²) >= 11 is 1.15. The molecular weight excluding hydrogens is 386 g/mol. The van der Waals surface area contributed by atoms with Gasteiger partial charge in [-0.2, -0.15) is 4.31 Å². The normalized spacial score (nSPS) is 18.2. The Morgan fingerprint density at radius 3 is 2.70 bits per heavy atom. The van der Waals surface area contributed by atoms with E-state index in [0.717, 1.165) is 61.6 Å². The molecule has 1 amide bonds. The number of fused-ring (bicyclic) bond motifs is 1. The first-order valence-corrected chi connectivity index (χ1v) is 11.7. The standard InChI is InChI=1S/C17H23N5O3S2/c23-17(18-12-15-20-19-14-6-2-1-3-10-22(14)15)16-13(7-11-26-16)27(24,25)21-8-4-5-9-21/h7,11H,1-6,8-10,12H2,(H,18,23). The Morgan fingerprint density at radius 1 is 1.11 bits per heavy atom. The van der Waals surface area contributed by atoms with Crippen molar-refractivity contribution in [3.05, 3.63) is 28.0 Å². The van der Waals surface area contributed by atoms with E-state index in [1.54, 1.807) is 5.38 Å². The summed E-state index contributed by atoms with van der Waals surface area (Å²) in [5.41, 5.74) is 0. The van der Waals surface area contributed by atoms with Gasteiger partial charge in [0.05, 0.1) is 6.54 Å². The van der Waals surface area contributed by atoms with Gasteiger partial charge >= 0.3 is 0 Å². The average Bonchev–Trinajstić information content (AvgIpc) is 3.39. The number of hydrogen-bond acceptors (Lipinski definition) is 6. The van der Waals surface area contributed by atoms with Crippen molar-refractivity contribution in [2.45, 2.75) is 56.5 Å². The molecule has 2 aliphatic rings. The first-order valence-electron chi connectivity index (χ1n) is 9.34. The zero-order valence-electron chi connectivity index (χ0n) is 15.1. The Hall–Kier alpha value is -1.78. The van der Waals surface area contributed by atoms with Crippen LogP contribution in [0.15, 0.2) is 16.3 Å². The fraction of sp³-hybridized carbons (Fsp3) is 0.588. The van der Waals surface area contributed by atoms with Gasteiger partial charge < -0.3 is 9.88 Å². The van der Waals surface area contributed by atoms with Gasteiger partial charge in [-0.3, -0.25) is 4.79 Å². The Balaban J connectivity index is 1.49. The van der Waals surface area contributed by atoms with Gasteiger partial charge in [0.25, 0.3) is 5.91 Å². The van der Waals surface area contributed by atoms with Crippen molar-refractivity contribution in [2.24, 2.45) is 0 Å². The third-order valence-electron chi connectivity index (χ3n) is 5.11. The largest absolute Gasteiger partial charge is 0.344 e. The second kappa shape index (κ2) is 7.69. The van der Waals surface area contributed by atoms with E-state index in [1.807, 2.05) is 0 Å². The van der Waals surface area contributed by atoms with Crippen LogP contribution in [0.25, 0.3) is 0 Å². The van der Waals surface area contributed by atoms with Gasteiger partial charge in [0, 0.05) is 26.1 Å². The number of hydrogen-bond donors (Lipinski definition) is 1. The van der Waals surface area contributed by atoms with E-state index >= 15 is 0 Å². The van der Waals surface area contributed by atoms with E-state index < -0.39 is 10.0 Å². The highest BCUT2D eigenvalue weighted by Gasteiger charge is 2.31. The molecule has 2 aromatic rings. The van der Waals surface area contributed by atoms with Gasteiger partial charge in [0.15, 0.2) is 5.82 Å². The molecule has 0 saturated carbocycles. The molecule has 27 heavy (non-hydrogen) atoms. The monoisotopic (exact) mass is 409 g/mol. The quantitative estimate of drug-likeness (QED) is 0.812. The molecule has 0 bridgehead atoms. The van der Waals surface area contributed by atoms with E-state index in [0.29, 0.717) is 13.1 Å². The van der Waals surface area contributed by atoms with Gasteiger partial charge in [-0.15, -0.1) is 21.5 Å². The summed E-state index contributed by atoms with van der Waals surface area (Å²) in [4.78, 5) is 13.0. The van der Waals surface area contributed by atoms with Crippen molar-refractivity contribution in [3.63, 3.8) is 0 Å². The van der Waals surface area contributed by atoms with E-state index in [-0.39, 0.29) is 22.2 Å². The maximum Gasteiger partial charge on any atom is 0.263 e. The van der Waals surface area contributed by atoms with E-state index in [2.05, 4.69) is 20.1 Å². The molecule has 0 atom stereocenters. The summed E-state index contributed by atoms with van der Waals surface area (Å²) in [5.74, 6) is 1.31. The Morgan fingerprint density at radius 2 is 1.89 bits per heavy atom. The fourth-order valence-electron chi connectivity index (χ4n) is 3.65. The summed E-state index contributed by atoms with van der Waals surface area (Å²) in [5, 5.41) is 12.9. The molecule has 1 saturated heterocycles. The lowest BCUT2D eigenvalue weighted by molar-refractivity contribution is 0.0950. The van der Waals surface area contributed by atoms with E-state index in [4.69, 9.17) is 0 Å². The molecule has 0 radical (unpaired) electrons. The highest BCUT2D eigenvalue weighted by atomic mass is 32.2. The van der Waals surface area contributed by atoms with Crippen molar-refractivity contribution < 1.29 is 13.2 Å². The summed E-state index contributed by atoms with van der Waals surface area (Å²) in [6, 6.07) is 1.52. The lowest BCUT2D eigenvalue weighted by Crippen LogP contribution is -2.30. The minimum Gasteiger partial charge on any atom is -0.344 e.